The van der Waals surface area contributed by atoms with Crippen LogP contribution in [0.2, 0.25) is 0 Å². The number of aryl methyl sites for hydroxylation is 1. The Morgan fingerprint density at radius 3 is 2.58 bits per heavy atom. The molecule has 0 saturated heterocycles. The average molecular weight is 352 g/mol. The summed E-state index contributed by atoms with van der Waals surface area (Å²) in [5, 5.41) is 15.0. The summed E-state index contributed by atoms with van der Waals surface area (Å²) >= 11 is 0. The van der Waals surface area contributed by atoms with Crippen molar-refractivity contribution in [2.75, 3.05) is 0 Å². The number of phenolic OH excluding ortho intramolecular Hbond substituents is 1. The van der Waals surface area contributed by atoms with Crippen molar-refractivity contribution in [2.24, 2.45) is 0 Å². The number of rotatable bonds is 4. The van der Waals surface area contributed by atoms with E-state index in [1.807, 2.05) is 31.2 Å². The van der Waals surface area contributed by atoms with Gasteiger partial charge in [0.2, 0.25) is 0 Å². The highest BCUT2D eigenvalue weighted by Gasteiger charge is 2.32. The summed E-state index contributed by atoms with van der Waals surface area (Å²) in [6.45, 7) is 3.77. The van der Waals surface area contributed by atoms with Gasteiger partial charge in [-0.25, -0.2) is 9.59 Å². The molecule has 1 aliphatic rings. The highest BCUT2D eigenvalue weighted by molar-refractivity contribution is 5.95. The second kappa shape index (κ2) is 7.31. The fourth-order valence-corrected chi connectivity index (χ4v) is 2.83. The number of amides is 2. The molecule has 0 spiro atoms. The van der Waals surface area contributed by atoms with Crippen LogP contribution in [0, 0.1) is 6.92 Å². The molecule has 2 aromatic rings. The first-order valence-corrected chi connectivity index (χ1v) is 8.24. The molecule has 0 aliphatic carbocycles. The van der Waals surface area contributed by atoms with E-state index in [1.54, 1.807) is 19.1 Å². The van der Waals surface area contributed by atoms with Crippen LogP contribution in [0.25, 0.3) is 0 Å². The van der Waals surface area contributed by atoms with Gasteiger partial charge in [-0.3, -0.25) is 0 Å². The molecule has 0 bridgehead atoms. The molecule has 3 rings (SSSR count). The number of hydrogen-bond acceptors (Lipinski definition) is 4. The highest BCUT2D eigenvalue weighted by atomic mass is 16.5. The molecule has 0 saturated carbocycles. The van der Waals surface area contributed by atoms with E-state index in [1.165, 1.54) is 12.1 Å². The number of benzene rings is 2. The van der Waals surface area contributed by atoms with Crippen LogP contribution in [0.5, 0.6) is 5.75 Å². The zero-order chi connectivity index (χ0) is 18.7. The van der Waals surface area contributed by atoms with Crippen LogP contribution in [0.4, 0.5) is 4.79 Å². The Hall–Kier alpha value is -3.28. The monoisotopic (exact) mass is 352 g/mol. The van der Waals surface area contributed by atoms with E-state index in [0.717, 1.165) is 11.1 Å². The van der Waals surface area contributed by atoms with Gasteiger partial charge >= 0.3 is 12.0 Å². The maximum atomic E-state index is 12.7. The van der Waals surface area contributed by atoms with Crippen LogP contribution in [-0.4, -0.2) is 17.1 Å². The van der Waals surface area contributed by atoms with Gasteiger partial charge in [-0.2, -0.15) is 0 Å². The quantitative estimate of drug-likeness (QED) is 0.738. The van der Waals surface area contributed by atoms with Crippen LogP contribution in [0.3, 0.4) is 0 Å². The normalized spacial score (nSPS) is 16.7. The summed E-state index contributed by atoms with van der Waals surface area (Å²) in [6.07, 6.45) is 0. The maximum absolute atomic E-state index is 12.7. The molecule has 6 heteroatoms. The van der Waals surface area contributed by atoms with Gasteiger partial charge in [0, 0.05) is 5.70 Å². The lowest BCUT2D eigenvalue weighted by Crippen LogP contribution is -2.45. The van der Waals surface area contributed by atoms with Gasteiger partial charge < -0.3 is 20.5 Å². The zero-order valence-corrected chi connectivity index (χ0v) is 14.6. The Balaban J connectivity index is 1.83. The number of urea groups is 1. The molecule has 0 radical (unpaired) electrons. The van der Waals surface area contributed by atoms with Crippen molar-refractivity contribution in [1.82, 2.24) is 10.6 Å². The van der Waals surface area contributed by atoms with Crippen molar-refractivity contribution in [3.05, 3.63) is 76.5 Å². The second-order valence-electron chi connectivity index (χ2n) is 6.23. The molecule has 3 N–H and O–H groups in total. The number of ether oxygens (including phenoxy) is 1. The number of carbonyl (C=O) groups excluding carboxylic acids is 2. The summed E-state index contributed by atoms with van der Waals surface area (Å²) in [5.41, 5.74) is 3.34. The third kappa shape index (κ3) is 3.85. The first-order valence-electron chi connectivity index (χ1n) is 8.24. The van der Waals surface area contributed by atoms with Crippen LogP contribution in [-0.2, 0) is 16.1 Å². The Kier molecular flexibility index (Phi) is 4.93. The summed E-state index contributed by atoms with van der Waals surface area (Å²) in [5.74, 6) is -0.468. The van der Waals surface area contributed by atoms with E-state index >= 15 is 0 Å². The molecule has 1 aliphatic heterocycles. The highest BCUT2D eigenvalue weighted by Crippen LogP contribution is 2.29. The summed E-state index contributed by atoms with van der Waals surface area (Å²) in [6, 6.07) is 13.0. The molecule has 26 heavy (non-hydrogen) atoms. The zero-order valence-electron chi connectivity index (χ0n) is 14.6. The molecule has 2 aromatic carbocycles. The predicted molar refractivity (Wildman–Crippen MR) is 96.2 cm³/mol. The van der Waals surface area contributed by atoms with Crippen molar-refractivity contribution >= 4 is 12.0 Å². The van der Waals surface area contributed by atoms with Crippen LogP contribution in [0.15, 0.2) is 59.8 Å². The number of carbonyl (C=O) groups is 2. The minimum atomic E-state index is -0.693. The molecular weight excluding hydrogens is 332 g/mol. The number of nitrogens with one attached hydrogen (secondary N) is 2. The number of esters is 1. The molecule has 1 unspecified atom stereocenters. The molecule has 6 nitrogen and oxygen atoms in total. The fraction of sp³-hybridized carbons (Fsp3) is 0.200. The lowest BCUT2D eigenvalue weighted by atomic mass is 9.95. The number of allylic oxidation sites excluding steroid dienone is 1. The summed E-state index contributed by atoms with van der Waals surface area (Å²) < 4.78 is 5.44. The van der Waals surface area contributed by atoms with Gasteiger partial charge in [-0.15, -0.1) is 0 Å². The topological polar surface area (TPSA) is 87.7 Å². The smallest absolute Gasteiger partial charge is 0.338 e. The van der Waals surface area contributed by atoms with Gasteiger partial charge in [0.05, 0.1) is 11.6 Å². The van der Waals surface area contributed by atoms with Crippen LogP contribution < -0.4 is 10.6 Å². The van der Waals surface area contributed by atoms with E-state index in [2.05, 4.69) is 10.6 Å². The summed E-state index contributed by atoms with van der Waals surface area (Å²) in [7, 11) is 0. The van der Waals surface area contributed by atoms with E-state index in [4.69, 9.17) is 4.74 Å². The summed E-state index contributed by atoms with van der Waals surface area (Å²) in [4.78, 5) is 24.5. The molecule has 134 valence electrons. The number of aromatic hydroxyl groups is 1. The minimum Gasteiger partial charge on any atom is -0.508 e. The third-order valence-corrected chi connectivity index (χ3v) is 4.18. The van der Waals surface area contributed by atoms with E-state index in [-0.39, 0.29) is 12.4 Å². The van der Waals surface area contributed by atoms with Gasteiger partial charge in [0.25, 0.3) is 0 Å². The van der Waals surface area contributed by atoms with E-state index < -0.39 is 18.0 Å². The Morgan fingerprint density at radius 2 is 1.88 bits per heavy atom. The number of phenols is 1. The van der Waals surface area contributed by atoms with Crippen molar-refractivity contribution in [1.29, 1.82) is 0 Å². The Bertz CT molecular complexity index is 872. The first kappa shape index (κ1) is 17.5. The standard InChI is InChI=1S/C20H20N2O4/c1-12-6-8-14(9-7-12)11-26-19(24)17-13(2)21-20(25)22-18(17)15-4-3-5-16(23)10-15/h3-10,18,23H,11H2,1-2H3,(H2,21,22,25). The lowest BCUT2D eigenvalue weighted by Gasteiger charge is -2.28. The van der Waals surface area contributed by atoms with E-state index in [0.29, 0.717) is 16.8 Å². The average Bonchev–Trinajstić information content (AvgIpc) is 2.60. The maximum Gasteiger partial charge on any atom is 0.338 e. The number of hydrogen-bond donors (Lipinski definition) is 3. The Labute approximate surface area is 151 Å². The van der Waals surface area contributed by atoms with Gasteiger partial charge in [0.1, 0.15) is 12.4 Å². The fourth-order valence-electron chi connectivity index (χ4n) is 2.83. The van der Waals surface area contributed by atoms with Crippen molar-refractivity contribution in [3.63, 3.8) is 0 Å². The lowest BCUT2D eigenvalue weighted by molar-refractivity contribution is -0.140. The van der Waals surface area contributed by atoms with Gasteiger partial charge in [0.15, 0.2) is 0 Å². The minimum absolute atomic E-state index is 0.0558. The second-order valence-corrected chi connectivity index (χ2v) is 6.23. The molecule has 2 amide bonds. The largest absolute Gasteiger partial charge is 0.508 e. The van der Waals surface area contributed by atoms with Crippen LogP contribution >= 0.6 is 0 Å². The van der Waals surface area contributed by atoms with Gasteiger partial charge in [-0.05, 0) is 37.1 Å². The van der Waals surface area contributed by atoms with Gasteiger partial charge in [-0.1, -0.05) is 42.0 Å². The van der Waals surface area contributed by atoms with Crippen molar-refractivity contribution < 1.29 is 19.4 Å². The van der Waals surface area contributed by atoms with E-state index in [9.17, 15) is 14.7 Å². The van der Waals surface area contributed by atoms with Crippen molar-refractivity contribution in [3.8, 4) is 5.75 Å². The predicted octanol–water partition coefficient (Wildman–Crippen LogP) is 3.07. The SMILES string of the molecule is CC1=C(C(=O)OCc2ccc(C)cc2)C(c2cccc(O)c2)NC(=O)N1. The molecule has 0 aromatic heterocycles. The molecule has 1 heterocycles. The van der Waals surface area contributed by atoms with Crippen molar-refractivity contribution in [2.45, 2.75) is 26.5 Å². The Morgan fingerprint density at radius 1 is 1.15 bits per heavy atom. The molecule has 0 fully saturated rings. The third-order valence-electron chi connectivity index (χ3n) is 4.18. The first-order chi connectivity index (χ1) is 12.4. The molecule has 1 atom stereocenters. The van der Waals surface area contributed by atoms with Crippen LogP contribution in [0.1, 0.15) is 29.7 Å². The molecular formula is C20H20N2O4.